The Labute approximate surface area is 155 Å². The van der Waals surface area contributed by atoms with Crippen LogP contribution in [0.5, 0.6) is 0 Å². The first-order chi connectivity index (χ1) is 12.0. The molecule has 0 radical (unpaired) electrons. The predicted octanol–water partition coefficient (Wildman–Crippen LogP) is 2.97. The molecule has 1 rings (SSSR count). The van der Waals surface area contributed by atoms with Crippen LogP contribution in [0.4, 0.5) is 0 Å². The summed E-state index contributed by atoms with van der Waals surface area (Å²) in [6, 6.07) is 8.78. The molecule has 0 saturated carbocycles. The van der Waals surface area contributed by atoms with E-state index < -0.39 is 22.2 Å². The molecule has 0 aliphatic carbocycles. The largest absolute Gasteiger partial charge is 0.234 e. The van der Waals surface area contributed by atoms with E-state index in [9.17, 15) is 21.0 Å². The fraction of sp³-hybridized carbons (Fsp3) is 0.778. The Morgan fingerprint density at radius 1 is 1.00 bits per heavy atom. The Kier molecular flexibility index (Phi) is 6.45. The zero-order valence-corrected chi connectivity index (χ0v) is 16.2. The Bertz CT molecular complexity index is 719. The molecule has 0 aromatic heterocycles. The molecule has 1 heterocycles. The van der Waals surface area contributed by atoms with Crippen molar-refractivity contribution < 1.29 is 0 Å². The summed E-state index contributed by atoms with van der Waals surface area (Å²) in [5, 5.41) is 47.7. The lowest BCUT2D eigenvalue weighted by molar-refractivity contribution is -0.00112. The van der Waals surface area contributed by atoms with Crippen LogP contribution in [0.1, 0.15) is 60.3 Å². The molecular formula is C18H26N8. The molecule has 26 heavy (non-hydrogen) atoms. The van der Waals surface area contributed by atoms with Crippen LogP contribution < -0.4 is 5.43 Å². The first kappa shape index (κ1) is 21.5. The second kappa shape index (κ2) is 7.79. The number of hydrazine groups is 1. The number of hydrogen-bond acceptors (Lipinski definition) is 8. The maximum absolute atomic E-state index is 9.57. The monoisotopic (exact) mass is 354 g/mol. The van der Waals surface area contributed by atoms with Crippen LogP contribution in [0, 0.1) is 45.3 Å². The SMILES string of the molecule is CCC(C)(C#N)N=NC(C)(C#N)CCN1NC(C)(C#N)CCC1(C)C#N. The van der Waals surface area contributed by atoms with E-state index >= 15 is 0 Å². The van der Waals surface area contributed by atoms with Crippen LogP contribution in [0.15, 0.2) is 10.2 Å². The molecular weight excluding hydrogens is 328 g/mol. The van der Waals surface area contributed by atoms with E-state index in [1.807, 2.05) is 13.8 Å². The van der Waals surface area contributed by atoms with Crippen molar-refractivity contribution in [2.45, 2.75) is 82.5 Å². The van der Waals surface area contributed by atoms with Gasteiger partial charge in [0, 0.05) is 13.0 Å². The molecule has 4 atom stereocenters. The van der Waals surface area contributed by atoms with Crippen molar-refractivity contribution >= 4 is 0 Å². The summed E-state index contributed by atoms with van der Waals surface area (Å²) >= 11 is 0. The molecule has 8 heteroatoms. The van der Waals surface area contributed by atoms with Gasteiger partial charge in [0.2, 0.25) is 0 Å². The Hall–Kier alpha value is -2.52. The van der Waals surface area contributed by atoms with Crippen molar-refractivity contribution in [2.24, 2.45) is 10.2 Å². The molecule has 1 aliphatic rings. The fourth-order valence-electron chi connectivity index (χ4n) is 2.46. The molecule has 138 valence electrons. The molecule has 1 fully saturated rings. The average Bonchev–Trinajstić information content (AvgIpc) is 2.67. The summed E-state index contributed by atoms with van der Waals surface area (Å²) in [4.78, 5) is 0. The number of hydrogen-bond donors (Lipinski definition) is 1. The summed E-state index contributed by atoms with van der Waals surface area (Å²) < 4.78 is 0. The van der Waals surface area contributed by atoms with Gasteiger partial charge in [-0.15, -0.1) is 0 Å². The third-order valence-corrected chi connectivity index (χ3v) is 5.06. The zero-order valence-electron chi connectivity index (χ0n) is 16.2. The predicted molar refractivity (Wildman–Crippen MR) is 94.9 cm³/mol. The van der Waals surface area contributed by atoms with E-state index in [4.69, 9.17) is 0 Å². The molecule has 1 saturated heterocycles. The maximum atomic E-state index is 9.57. The van der Waals surface area contributed by atoms with Gasteiger partial charge in [-0.3, -0.25) is 0 Å². The quantitative estimate of drug-likeness (QED) is 0.728. The average molecular weight is 354 g/mol. The van der Waals surface area contributed by atoms with Gasteiger partial charge >= 0.3 is 0 Å². The maximum Gasteiger partial charge on any atom is 0.166 e. The van der Waals surface area contributed by atoms with Crippen molar-refractivity contribution in [1.29, 1.82) is 21.0 Å². The molecule has 0 aromatic carbocycles. The third kappa shape index (κ3) is 4.77. The van der Waals surface area contributed by atoms with E-state index in [1.54, 1.807) is 25.8 Å². The minimum absolute atomic E-state index is 0.310. The van der Waals surface area contributed by atoms with Crippen LogP contribution in [-0.4, -0.2) is 33.7 Å². The van der Waals surface area contributed by atoms with Crippen molar-refractivity contribution in [2.75, 3.05) is 6.54 Å². The second-order valence-corrected chi connectivity index (χ2v) is 7.67. The lowest BCUT2D eigenvalue weighted by atomic mass is 9.85. The third-order valence-electron chi connectivity index (χ3n) is 5.06. The van der Waals surface area contributed by atoms with Gasteiger partial charge in [-0.1, -0.05) is 6.92 Å². The number of rotatable bonds is 6. The Balaban J connectivity index is 2.97. The van der Waals surface area contributed by atoms with Crippen LogP contribution in [-0.2, 0) is 0 Å². The van der Waals surface area contributed by atoms with E-state index in [0.29, 0.717) is 32.2 Å². The summed E-state index contributed by atoms with van der Waals surface area (Å²) in [6.07, 6.45) is 1.92. The molecule has 0 bridgehead atoms. The number of nitrogens with zero attached hydrogens (tertiary/aromatic N) is 7. The van der Waals surface area contributed by atoms with Gasteiger partial charge in [-0.05, 0) is 47.0 Å². The van der Waals surface area contributed by atoms with E-state index in [0.717, 1.165) is 0 Å². The standard InChI is InChI=1S/C18H26N8/c1-6-15(2,11-19)23-24-16(3,12-20)9-10-26-18(5,14-22)8-7-17(4,13-21)25-26/h25H,6-10H2,1-5H3. The molecule has 0 amide bonds. The van der Waals surface area contributed by atoms with Gasteiger partial charge in [0.1, 0.15) is 11.1 Å². The normalized spacial score (nSPS) is 31.0. The van der Waals surface area contributed by atoms with Gasteiger partial charge in [-0.2, -0.15) is 31.3 Å². The van der Waals surface area contributed by atoms with Crippen molar-refractivity contribution in [3.8, 4) is 24.3 Å². The van der Waals surface area contributed by atoms with Gasteiger partial charge < -0.3 is 0 Å². The van der Waals surface area contributed by atoms with E-state index in [-0.39, 0.29) is 0 Å². The topological polar surface area (TPSA) is 135 Å². The van der Waals surface area contributed by atoms with Gasteiger partial charge in [0.15, 0.2) is 11.1 Å². The van der Waals surface area contributed by atoms with Crippen molar-refractivity contribution in [3.63, 3.8) is 0 Å². The van der Waals surface area contributed by atoms with Crippen LogP contribution in [0.25, 0.3) is 0 Å². The molecule has 0 aromatic rings. The molecule has 1 aliphatic heterocycles. The lowest BCUT2D eigenvalue weighted by Crippen LogP contribution is -2.65. The smallest absolute Gasteiger partial charge is 0.166 e. The zero-order chi connectivity index (χ0) is 20.1. The summed E-state index contributed by atoms with van der Waals surface area (Å²) in [5.41, 5.74) is -0.464. The highest BCUT2D eigenvalue weighted by Gasteiger charge is 2.44. The van der Waals surface area contributed by atoms with E-state index in [1.165, 1.54) is 0 Å². The van der Waals surface area contributed by atoms with Gasteiger partial charge in [0.25, 0.3) is 0 Å². The number of nitrogens with one attached hydrogen (secondary N) is 1. The first-order valence-corrected chi connectivity index (χ1v) is 8.68. The highest BCUT2D eigenvalue weighted by Crippen LogP contribution is 2.31. The number of nitriles is 4. The highest BCUT2D eigenvalue weighted by molar-refractivity contribution is 5.15. The van der Waals surface area contributed by atoms with Crippen LogP contribution >= 0.6 is 0 Å². The van der Waals surface area contributed by atoms with Gasteiger partial charge in [-0.25, -0.2) is 10.4 Å². The van der Waals surface area contributed by atoms with Crippen molar-refractivity contribution in [3.05, 3.63) is 0 Å². The van der Waals surface area contributed by atoms with Crippen molar-refractivity contribution in [1.82, 2.24) is 10.4 Å². The lowest BCUT2D eigenvalue weighted by Gasteiger charge is -2.46. The van der Waals surface area contributed by atoms with Crippen LogP contribution in [0.2, 0.25) is 0 Å². The number of azo groups is 1. The minimum Gasteiger partial charge on any atom is -0.234 e. The minimum atomic E-state index is -1.12. The fourth-order valence-corrected chi connectivity index (χ4v) is 2.46. The highest BCUT2D eigenvalue weighted by atomic mass is 15.6. The molecule has 8 nitrogen and oxygen atoms in total. The molecule has 0 spiro atoms. The molecule has 1 N–H and O–H groups in total. The van der Waals surface area contributed by atoms with Crippen LogP contribution in [0.3, 0.4) is 0 Å². The summed E-state index contributed by atoms with van der Waals surface area (Å²) in [6.45, 7) is 9.11. The van der Waals surface area contributed by atoms with E-state index in [2.05, 4.69) is 39.9 Å². The Morgan fingerprint density at radius 3 is 2.04 bits per heavy atom. The second-order valence-electron chi connectivity index (χ2n) is 7.67. The summed E-state index contributed by atoms with van der Waals surface area (Å²) in [7, 11) is 0. The Morgan fingerprint density at radius 2 is 1.58 bits per heavy atom. The van der Waals surface area contributed by atoms with Gasteiger partial charge in [0.05, 0.1) is 24.3 Å². The summed E-state index contributed by atoms with van der Waals surface area (Å²) in [5.74, 6) is 0. The first-order valence-electron chi connectivity index (χ1n) is 8.68. The molecule has 4 unspecified atom stereocenters.